The van der Waals surface area contributed by atoms with Crippen LogP contribution in [0.5, 0.6) is 0 Å². The molecule has 2 aromatic carbocycles. The Morgan fingerprint density at radius 3 is 2.56 bits per heavy atom. The van der Waals surface area contributed by atoms with Crippen LogP contribution in [0.25, 0.3) is 0 Å². The Bertz CT molecular complexity index is 715. The summed E-state index contributed by atoms with van der Waals surface area (Å²) in [6, 6.07) is 15.5. The van der Waals surface area contributed by atoms with Crippen LogP contribution in [0, 0.1) is 0 Å². The molecule has 5 heteroatoms. The molecule has 1 fully saturated rings. The summed E-state index contributed by atoms with van der Waals surface area (Å²) in [5.41, 5.74) is 2.66. The van der Waals surface area contributed by atoms with Crippen LogP contribution in [0.4, 0.5) is 11.4 Å². The Labute approximate surface area is 153 Å². The van der Waals surface area contributed by atoms with Gasteiger partial charge in [-0.25, -0.2) is 0 Å². The first-order valence-electron chi connectivity index (χ1n) is 8.67. The summed E-state index contributed by atoms with van der Waals surface area (Å²) >= 11 is 6.44. The van der Waals surface area contributed by atoms with Crippen molar-refractivity contribution in [2.24, 2.45) is 0 Å². The average molecular weight is 359 g/mol. The second kappa shape index (κ2) is 8.37. The van der Waals surface area contributed by atoms with Crippen molar-refractivity contribution in [3.8, 4) is 0 Å². The Morgan fingerprint density at radius 2 is 1.88 bits per heavy atom. The molecule has 3 rings (SSSR count). The van der Waals surface area contributed by atoms with Gasteiger partial charge in [-0.15, -0.1) is 0 Å². The van der Waals surface area contributed by atoms with Crippen LogP contribution in [0.15, 0.2) is 48.5 Å². The Balaban J connectivity index is 1.84. The van der Waals surface area contributed by atoms with E-state index in [-0.39, 0.29) is 11.8 Å². The van der Waals surface area contributed by atoms with Crippen molar-refractivity contribution in [1.29, 1.82) is 0 Å². The van der Waals surface area contributed by atoms with Crippen molar-refractivity contribution in [3.63, 3.8) is 0 Å². The minimum Gasteiger partial charge on any atom is -0.378 e. The highest BCUT2D eigenvalue weighted by Gasteiger charge is 2.22. The maximum Gasteiger partial charge on any atom is 0.231 e. The van der Waals surface area contributed by atoms with Crippen LogP contribution in [0.1, 0.15) is 24.8 Å². The first-order valence-corrected chi connectivity index (χ1v) is 9.05. The Morgan fingerprint density at radius 1 is 1.16 bits per heavy atom. The van der Waals surface area contributed by atoms with Crippen LogP contribution in [-0.4, -0.2) is 32.2 Å². The van der Waals surface area contributed by atoms with E-state index in [1.807, 2.05) is 55.5 Å². The normalized spacial score (nSPS) is 15.7. The van der Waals surface area contributed by atoms with E-state index in [4.69, 9.17) is 16.3 Å². The molecule has 25 heavy (non-hydrogen) atoms. The number of carbonyl (C=O) groups excluding carboxylic acids is 1. The van der Waals surface area contributed by atoms with Crippen molar-refractivity contribution in [3.05, 3.63) is 59.1 Å². The van der Waals surface area contributed by atoms with Gasteiger partial charge in [0, 0.05) is 13.1 Å². The standard InChI is InChI=1S/C20H23ClN2O2/c1-2-16(15-7-4-3-5-8-15)20(24)22-18-10-6-9-17(21)19(18)23-11-13-25-14-12-23/h3-10,16H,2,11-14H2,1H3,(H,22,24). The van der Waals surface area contributed by atoms with E-state index in [0.717, 1.165) is 36.4 Å². The fourth-order valence-electron chi connectivity index (χ4n) is 3.20. The number of rotatable bonds is 5. The SMILES string of the molecule is CCC(C(=O)Nc1cccc(Cl)c1N1CCOCC1)c1ccccc1. The number of nitrogens with zero attached hydrogens (tertiary/aromatic N) is 1. The lowest BCUT2D eigenvalue weighted by Crippen LogP contribution is -2.37. The molecule has 1 aliphatic heterocycles. The largest absolute Gasteiger partial charge is 0.378 e. The lowest BCUT2D eigenvalue weighted by Gasteiger charge is -2.31. The van der Waals surface area contributed by atoms with Gasteiger partial charge in [0.1, 0.15) is 0 Å². The molecule has 0 spiro atoms. The molecule has 0 aliphatic carbocycles. The number of ether oxygens (including phenoxy) is 1. The van der Waals surface area contributed by atoms with Crippen LogP contribution in [0.3, 0.4) is 0 Å². The van der Waals surface area contributed by atoms with E-state index in [1.165, 1.54) is 0 Å². The smallest absolute Gasteiger partial charge is 0.231 e. The summed E-state index contributed by atoms with van der Waals surface area (Å²) in [6.45, 7) is 4.89. The number of nitrogens with one attached hydrogen (secondary N) is 1. The fourth-order valence-corrected chi connectivity index (χ4v) is 3.50. The molecular weight excluding hydrogens is 336 g/mol. The van der Waals surface area contributed by atoms with Crippen LogP contribution >= 0.6 is 11.6 Å². The van der Waals surface area contributed by atoms with Crippen molar-refractivity contribution in [2.75, 3.05) is 36.5 Å². The van der Waals surface area contributed by atoms with Crippen LogP contribution in [0.2, 0.25) is 5.02 Å². The van der Waals surface area contributed by atoms with E-state index >= 15 is 0 Å². The van der Waals surface area contributed by atoms with Gasteiger partial charge in [-0.1, -0.05) is 54.9 Å². The maximum absolute atomic E-state index is 12.9. The van der Waals surface area contributed by atoms with Gasteiger partial charge in [0.05, 0.1) is 35.5 Å². The quantitative estimate of drug-likeness (QED) is 0.866. The average Bonchev–Trinajstić information content (AvgIpc) is 2.64. The first-order chi connectivity index (χ1) is 12.2. The summed E-state index contributed by atoms with van der Waals surface area (Å²) in [7, 11) is 0. The van der Waals surface area contributed by atoms with Crippen LogP contribution < -0.4 is 10.2 Å². The summed E-state index contributed by atoms with van der Waals surface area (Å²) in [6.07, 6.45) is 0.739. The molecule has 0 aromatic heterocycles. The van der Waals surface area contributed by atoms with Crippen molar-refractivity contribution in [1.82, 2.24) is 0 Å². The zero-order valence-corrected chi connectivity index (χ0v) is 15.1. The summed E-state index contributed by atoms with van der Waals surface area (Å²) < 4.78 is 5.42. The van der Waals surface area contributed by atoms with Gasteiger partial charge in [0.2, 0.25) is 5.91 Å². The van der Waals surface area contributed by atoms with Crippen molar-refractivity contribution in [2.45, 2.75) is 19.3 Å². The lowest BCUT2D eigenvalue weighted by molar-refractivity contribution is -0.117. The number of hydrogen-bond donors (Lipinski definition) is 1. The second-order valence-corrected chi connectivity index (χ2v) is 6.50. The lowest BCUT2D eigenvalue weighted by atomic mass is 9.95. The molecule has 132 valence electrons. The van der Waals surface area contributed by atoms with E-state index in [2.05, 4.69) is 10.2 Å². The van der Waals surface area contributed by atoms with Gasteiger partial charge in [-0.05, 0) is 24.1 Å². The predicted molar refractivity (Wildman–Crippen MR) is 103 cm³/mol. The fraction of sp³-hybridized carbons (Fsp3) is 0.350. The third-order valence-corrected chi connectivity index (χ3v) is 4.80. The Hall–Kier alpha value is -2.04. The van der Waals surface area contributed by atoms with E-state index in [0.29, 0.717) is 18.2 Å². The molecule has 1 N–H and O–H groups in total. The minimum atomic E-state index is -0.183. The number of anilines is 2. The predicted octanol–water partition coefficient (Wildman–Crippen LogP) is 4.31. The van der Waals surface area contributed by atoms with Gasteiger partial charge in [-0.2, -0.15) is 0 Å². The topological polar surface area (TPSA) is 41.6 Å². The number of para-hydroxylation sites is 1. The third kappa shape index (κ3) is 4.14. The van der Waals surface area contributed by atoms with Gasteiger partial charge in [0.15, 0.2) is 0 Å². The number of carbonyl (C=O) groups is 1. The summed E-state index contributed by atoms with van der Waals surface area (Å²) in [4.78, 5) is 15.1. The van der Waals surface area contributed by atoms with Crippen molar-refractivity contribution >= 4 is 28.9 Å². The van der Waals surface area contributed by atoms with E-state index in [1.54, 1.807) is 0 Å². The molecule has 0 saturated carbocycles. The van der Waals surface area contributed by atoms with Crippen LogP contribution in [-0.2, 0) is 9.53 Å². The molecular formula is C20H23ClN2O2. The summed E-state index contributed by atoms with van der Waals surface area (Å²) in [5, 5.41) is 3.74. The zero-order valence-electron chi connectivity index (χ0n) is 14.4. The van der Waals surface area contributed by atoms with E-state index < -0.39 is 0 Å². The number of halogens is 1. The molecule has 2 aromatic rings. The molecule has 0 radical (unpaired) electrons. The number of morpholine rings is 1. The molecule has 1 saturated heterocycles. The molecule has 1 heterocycles. The maximum atomic E-state index is 12.9. The molecule has 1 aliphatic rings. The minimum absolute atomic E-state index is 0.00882. The van der Waals surface area contributed by atoms with Crippen molar-refractivity contribution < 1.29 is 9.53 Å². The number of amides is 1. The molecule has 0 bridgehead atoms. The first kappa shape index (κ1) is 17.8. The van der Waals surface area contributed by atoms with E-state index in [9.17, 15) is 4.79 Å². The highest BCUT2D eigenvalue weighted by molar-refractivity contribution is 6.34. The monoisotopic (exact) mass is 358 g/mol. The van der Waals surface area contributed by atoms with Gasteiger partial charge in [-0.3, -0.25) is 4.79 Å². The summed E-state index contributed by atoms with van der Waals surface area (Å²) in [5.74, 6) is -0.191. The Kier molecular flexibility index (Phi) is 5.95. The second-order valence-electron chi connectivity index (χ2n) is 6.10. The molecule has 1 atom stereocenters. The third-order valence-electron chi connectivity index (χ3n) is 4.50. The molecule has 1 amide bonds. The number of hydrogen-bond acceptors (Lipinski definition) is 3. The molecule has 1 unspecified atom stereocenters. The highest BCUT2D eigenvalue weighted by Crippen LogP contribution is 2.35. The number of benzene rings is 2. The zero-order chi connectivity index (χ0) is 17.6. The molecule has 4 nitrogen and oxygen atoms in total. The van der Waals surface area contributed by atoms with Gasteiger partial charge >= 0.3 is 0 Å². The van der Waals surface area contributed by atoms with Gasteiger partial charge in [0.25, 0.3) is 0 Å². The highest BCUT2D eigenvalue weighted by atomic mass is 35.5. The van der Waals surface area contributed by atoms with Gasteiger partial charge < -0.3 is 15.0 Å².